The van der Waals surface area contributed by atoms with Gasteiger partial charge in [-0.3, -0.25) is 0 Å². The van der Waals surface area contributed by atoms with Crippen molar-refractivity contribution in [2.45, 2.75) is 26.4 Å². The van der Waals surface area contributed by atoms with E-state index in [9.17, 15) is 4.79 Å². The molecule has 7 heteroatoms. The van der Waals surface area contributed by atoms with E-state index in [1.807, 2.05) is 37.4 Å². The highest BCUT2D eigenvalue weighted by molar-refractivity contribution is 7.13. The molecule has 0 bridgehead atoms. The molecule has 0 aliphatic carbocycles. The number of benzene rings is 2. The minimum absolute atomic E-state index is 0.0252. The summed E-state index contributed by atoms with van der Waals surface area (Å²) in [6.07, 6.45) is 1.79. The molecule has 2 aromatic carbocycles. The molecule has 0 spiro atoms. The summed E-state index contributed by atoms with van der Waals surface area (Å²) >= 11 is 7.75. The van der Waals surface area contributed by atoms with E-state index in [0.29, 0.717) is 23.0 Å². The smallest absolute Gasteiger partial charge is 0.322 e. The third-order valence-electron chi connectivity index (χ3n) is 4.25. The van der Waals surface area contributed by atoms with Gasteiger partial charge in [-0.05, 0) is 43.7 Å². The van der Waals surface area contributed by atoms with Crippen molar-refractivity contribution in [3.8, 4) is 16.3 Å². The minimum atomic E-state index is -0.184. The third-order valence-corrected chi connectivity index (χ3v) is 5.36. The number of aromatic nitrogens is 1. The molecule has 0 fully saturated rings. The molecule has 0 aliphatic heterocycles. The number of anilines is 1. The van der Waals surface area contributed by atoms with Crippen LogP contribution < -0.4 is 10.1 Å². The first-order valence-corrected chi connectivity index (χ1v) is 10.1. The fourth-order valence-electron chi connectivity index (χ4n) is 2.79. The van der Waals surface area contributed by atoms with E-state index in [0.717, 1.165) is 16.1 Å². The molecule has 3 rings (SSSR count). The van der Waals surface area contributed by atoms with Crippen LogP contribution in [0.2, 0.25) is 5.02 Å². The molecule has 0 radical (unpaired) electrons. The topological polar surface area (TPSA) is 54.5 Å². The van der Waals surface area contributed by atoms with Gasteiger partial charge in [0.25, 0.3) is 0 Å². The molecule has 146 valence electrons. The third kappa shape index (κ3) is 4.82. The van der Waals surface area contributed by atoms with E-state index in [1.54, 1.807) is 47.7 Å². The minimum Gasteiger partial charge on any atom is -0.495 e. The first-order chi connectivity index (χ1) is 13.5. The van der Waals surface area contributed by atoms with Crippen LogP contribution in [0.5, 0.6) is 5.75 Å². The maximum atomic E-state index is 12.9. The largest absolute Gasteiger partial charge is 0.495 e. The van der Waals surface area contributed by atoms with Gasteiger partial charge >= 0.3 is 6.03 Å². The molecule has 0 unspecified atom stereocenters. The van der Waals surface area contributed by atoms with Gasteiger partial charge in [-0.1, -0.05) is 29.8 Å². The van der Waals surface area contributed by atoms with Gasteiger partial charge in [0.2, 0.25) is 0 Å². The lowest BCUT2D eigenvalue weighted by Crippen LogP contribution is -2.39. The number of hydrogen-bond acceptors (Lipinski definition) is 4. The van der Waals surface area contributed by atoms with Gasteiger partial charge in [0, 0.05) is 35.4 Å². The highest BCUT2D eigenvalue weighted by Crippen LogP contribution is 2.28. The van der Waals surface area contributed by atoms with Crippen molar-refractivity contribution in [3.63, 3.8) is 0 Å². The van der Waals surface area contributed by atoms with Crippen LogP contribution in [0.4, 0.5) is 10.5 Å². The summed E-state index contributed by atoms with van der Waals surface area (Å²) in [5, 5.41) is 6.29. The molecule has 1 aromatic heterocycles. The molecule has 0 saturated heterocycles. The van der Waals surface area contributed by atoms with Crippen LogP contribution in [0.3, 0.4) is 0 Å². The van der Waals surface area contributed by atoms with E-state index in [2.05, 4.69) is 16.4 Å². The van der Waals surface area contributed by atoms with Crippen LogP contribution >= 0.6 is 22.9 Å². The number of nitrogens with zero attached hydrogens (tertiary/aromatic N) is 2. The van der Waals surface area contributed by atoms with Crippen molar-refractivity contribution in [3.05, 3.63) is 64.6 Å². The number of halogens is 1. The zero-order valence-corrected chi connectivity index (χ0v) is 17.6. The highest BCUT2D eigenvalue weighted by Gasteiger charge is 2.18. The van der Waals surface area contributed by atoms with Crippen LogP contribution in [-0.2, 0) is 6.54 Å². The average molecular weight is 416 g/mol. The number of rotatable bonds is 6. The molecule has 5 nitrogen and oxygen atoms in total. The zero-order chi connectivity index (χ0) is 20.1. The first-order valence-electron chi connectivity index (χ1n) is 8.88. The number of urea groups is 1. The highest BCUT2D eigenvalue weighted by atomic mass is 35.5. The van der Waals surface area contributed by atoms with Gasteiger partial charge in [0.05, 0.1) is 12.1 Å². The molecular formula is C21H22ClN3O2S. The number of thiazole rings is 1. The van der Waals surface area contributed by atoms with Gasteiger partial charge in [0.15, 0.2) is 0 Å². The summed E-state index contributed by atoms with van der Waals surface area (Å²) < 4.78 is 5.15. The van der Waals surface area contributed by atoms with Gasteiger partial charge in [-0.15, -0.1) is 11.3 Å². The standard InChI is InChI=1S/C21H22ClN3O2S/c1-14(2)25(21(26)24-17-7-8-19(27-3)18(22)12-17)13-15-5-4-6-16(11-15)20-23-9-10-28-20/h4-12,14H,13H2,1-3H3,(H,24,26). The second-order valence-corrected chi connectivity index (χ2v) is 7.84. The van der Waals surface area contributed by atoms with Crippen molar-refractivity contribution < 1.29 is 9.53 Å². The Bertz CT molecular complexity index is 945. The van der Waals surface area contributed by atoms with Gasteiger partial charge in [-0.25, -0.2) is 9.78 Å². The molecule has 28 heavy (non-hydrogen) atoms. The number of carbonyl (C=O) groups excluding carboxylic acids is 1. The number of nitrogens with one attached hydrogen (secondary N) is 1. The molecular weight excluding hydrogens is 394 g/mol. The zero-order valence-electron chi connectivity index (χ0n) is 16.0. The van der Waals surface area contributed by atoms with E-state index in [4.69, 9.17) is 16.3 Å². The van der Waals surface area contributed by atoms with E-state index >= 15 is 0 Å². The Balaban J connectivity index is 1.75. The molecule has 1 heterocycles. The predicted octanol–water partition coefficient (Wildman–Crippen LogP) is 5.91. The van der Waals surface area contributed by atoms with Gasteiger partial charge < -0.3 is 15.0 Å². The van der Waals surface area contributed by atoms with Crippen LogP contribution in [0.15, 0.2) is 54.0 Å². The van der Waals surface area contributed by atoms with Gasteiger partial charge in [-0.2, -0.15) is 0 Å². The lowest BCUT2D eigenvalue weighted by atomic mass is 10.1. The second-order valence-electron chi connectivity index (χ2n) is 6.54. The van der Waals surface area contributed by atoms with E-state index < -0.39 is 0 Å². The van der Waals surface area contributed by atoms with Crippen LogP contribution in [0.1, 0.15) is 19.4 Å². The van der Waals surface area contributed by atoms with Crippen molar-refractivity contribution in [1.29, 1.82) is 0 Å². The first kappa shape index (κ1) is 20.2. The summed E-state index contributed by atoms with van der Waals surface area (Å²) in [6, 6.07) is 13.1. The van der Waals surface area contributed by atoms with Crippen molar-refractivity contribution in [2.24, 2.45) is 0 Å². The Labute approximate surface area is 173 Å². The number of amides is 2. The summed E-state index contributed by atoms with van der Waals surface area (Å²) in [5.74, 6) is 0.569. The molecule has 0 saturated carbocycles. The number of methoxy groups -OCH3 is 1. The summed E-state index contributed by atoms with van der Waals surface area (Å²) in [7, 11) is 1.56. The Morgan fingerprint density at radius 1 is 1.29 bits per heavy atom. The Morgan fingerprint density at radius 2 is 2.11 bits per heavy atom. The summed E-state index contributed by atoms with van der Waals surface area (Å²) in [5.41, 5.74) is 2.72. The predicted molar refractivity (Wildman–Crippen MR) is 115 cm³/mol. The second kappa shape index (κ2) is 9.08. The normalized spacial score (nSPS) is 10.8. The fraction of sp³-hybridized carbons (Fsp3) is 0.238. The van der Waals surface area contributed by atoms with Crippen LogP contribution in [0, 0.1) is 0 Å². The Kier molecular flexibility index (Phi) is 6.54. The van der Waals surface area contributed by atoms with E-state index in [-0.39, 0.29) is 12.1 Å². The molecule has 1 N–H and O–H groups in total. The fourth-order valence-corrected chi connectivity index (χ4v) is 3.69. The summed E-state index contributed by atoms with van der Waals surface area (Å²) in [6.45, 7) is 4.48. The van der Waals surface area contributed by atoms with Gasteiger partial charge in [0.1, 0.15) is 10.8 Å². The quantitative estimate of drug-likeness (QED) is 0.544. The lowest BCUT2D eigenvalue weighted by molar-refractivity contribution is 0.193. The van der Waals surface area contributed by atoms with Crippen molar-refractivity contribution in [2.75, 3.05) is 12.4 Å². The molecule has 0 atom stereocenters. The average Bonchev–Trinajstić information content (AvgIpc) is 3.21. The molecule has 3 aromatic rings. The van der Waals surface area contributed by atoms with E-state index in [1.165, 1.54) is 0 Å². The summed E-state index contributed by atoms with van der Waals surface area (Å²) in [4.78, 5) is 19.0. The number of hydrogen-bond donors (Lipinski definition) is 1. The molecule has 0 aliphatic rings. The number of ether oxygens (including phenoxy) is 1. The maximum absolute atomic E-state index is 12.9. The number of carbonyl (C=O) groups is 1. The van der Waals surface area contributed by atoms with Crippen molar-refractivity contribution >= 4 is 34.7 Å². The Morgan fingerprint density at radius 3 is 2.75 bits per heavy atom. The Hall–Kier alpha value is -2.57. The maximum Gasteiger partial charge on any atom is 0.322 e. The van der Waals surface area contributed by atoms with Crippen LogP contribution in [0.25, 0.3) is 10.6 Å². The SMILES string of the molecule is COc1ccc(NC(=O)N(Cc2cccc(-c3nccs3)c2)C(C)C)cc1Cl. The molecule has 2 amide bonds. The van der Waals surface area contributed by atoms with Crippen molar-refractivity contribution in [1.82, 2.24) is 9.88 Å². The lowest BCUT2D eigenvalue weighted by Gasteiger charge is -2.27. The van der Waals surface area contributed by atoms with Crippen LogP contribution in [-0.4, -0.2) is 29.1 Å². The monoisotopic (exact) mass is 415 g/mol.